The van der Waals surface area contributed by atoms with E-state index in [0.717, 1.165) is 5.69 Å². The highest BCUT2D eigenvalue weighted by atomic mass is 16.3. The van der Waals surface area contributed by atoms with Crippen molar-refractivity contribution in [3.63, 3.8) is 0 Å². The van der Waals surface area contributed by atoms with Crippen LogP contribution in [0.1, 0.15) is 28.9 Å². The van der Waals surface area contributed by atoms with Crippen molar-refractivity contribution >= 4 is 5.91 Å². The summed E-state index contributed by atoms with van der Waals surface area (Å²) in [6.07, 6.45) is 4.14. The first-order chi connectivity index (χ1) is 11.1. The summed E-state index contributed by atoms with van der Waals surface area (Å²) in [5.41, 5.74) is 2.08. The van der Waals surface area contributed by atoms with Crippen LogP contribution in [0.15, 0.2) is 34.9 Å². The van der Waals surface area contributed by atoms with Crippen LogP contribution in [0.2, 0.25) is 0 Å². The molecule has 1 atom stereocenters. The van der Waals surface area contributed by atoms with Crippen LogP contribution in [0.3, 0.4) is 0 Å². The molecule has 23 heavy (non-hydrogen) atoms. The van der Waals surface area contributed by atoms with E-state index in [2.05, 4.69) is 29.3 Å². The maximum atomic E-state index is 12.4. The van der Waals surface area contributed by atoms with E-state index < -0.39 is 0 Å². The Morgan fingerprint density at radius 2 is 2.17 bits per heavy atom. The smallest absolute Gasteiger partial charge is 0.253 e. The van der Waals surface area contributed by atoms with Crippen molar-refractivity contribution in [2.24, 2.45) is 5.92 Å². The van der Waals surface area contributed by atoms with Gasteiger partial charge in [-0.3, -0.25) is 4.79 Å². The summed E-state index contributed by atoms with van der Waals surface area (Å²) in [6.45, 7) is 2.53. The number of likely N-dealkylation sites (N-methyl/N-ethyl adjacent to an activating group) is 1. The number of amides is 1. The molecule has 0 radical (unpaired) electrons. The van der Waals surface area contributed by atoms with Gasteiger partial charge in [-0.1, -0.05) is 0 Å². The zero-order valence-corrected chi connectivity index (χ0v) is 13.9. The monoisotopic (exact) mass is 313 g/mol. The molecule has 5 nitrogen and oxygen atoms in total. The van der Waals surface area contributed by atoms with Crippen molar-refractivity contribution in [1.29, 1.82) is 0 Å². The van der Waals surface area contributed by atoms with Crippen LogP contribution in [-0.2, 0) is 0 Å². The van der Waals surface area contributed by atoms with Gasteiger partial charge >= 0.3 is 0 Å². The summed E-state index contributed by atoms with van der Waals surface area (Å²) >= 11 is 0. The number of aryl methyl sites for hydroxylation is 1. The molecule has 3 rings (SSSR count). The highest BCUT2D eigenvalue weighted by Gasteiger charge is 2.32. The summed E-state index contributed by atoms with van der Waals surface area (Å²) in [7, 11) is 4.14. The van der Waals surface area contributed by atoms with Crippen molar-refractivity contribution in [2.75, 3.05) is 20.6 Å². The van der Waals surface area contributed by atoms with E-state index in [1.807, 2.05) is 31.2 Å². The van der Waals surface area contributed by atoms with Crippen LogP contribution in [0.5, 0.6) is 0 Å². The van der Waals surface area contributed by atoms with E-state index in [9.17, 15) is 4.79 Å². The Hall–Kier alpha value is -2.14. The molecule has 1 N–H and O–H groups in total. The molecule has 1 fully saturated rings. The van der Waals surface area contributed by atoms with Crippen molar-refractivity contribution in [3.8, 4) is 11.5 Å². The van der Waals surface area contributed by atoms with Crippen molar-refractivity contribution in [2.45, 2.75) is 25.8 Å². The van der Waals surface area contributed by atoms with Crippen LogP contribution in [0.25, 0.3) is 11.5 Å². The Morgan fingerprint density at radius 3 is 2.74 bits per heavy atom. The molecule has 0 aliphatic heterocycles. The van der Waals surface area contributed by atoms with E-state index in [1.165, 1.54) is 12.8 Å². The molecule has 2 aromatic rings. The number of carbonyl (C=O) groups is 1. The molecular weight excluding hydrogens is 290 g/mol. The van der Waals surface area contributed by atoms with Gasteiger partial charge in [0.1, 0.15) is 5.69 Å². The van der Waals surface area contributed by atoms with Gasteiger partial charge < -0.3 is 14.6 Å². The third-order valence-corrected chi connectivity index (χ3v) is 4.41. The minimum absolute atomic E-state index is 0.0616. The van der Waals surface area contributed by atoms with Crippen LogP contribution < -0.4 is 5.32 Å². The van der Waals surface area contributed by atoms with Crippen LogP contribution >= 0.6 is 0 Å². The summed E-state index contributed by atoms with van der Waals surface area (Å²) in [5.74, 6) is 1.36. The molecule has 0 spiro atoms. The first-order valence-electron chi connectivity index (χ1n) is 8.02. The van der Waals surface area contributed by atoms with E-state index >= 15 is 0 Å². The fourth-order valence-corrected chi connectivity index (χ4v) is 2.91. The fraction of sp³-hybridized carbons (Fsp3) is 0.444. The first-order valence-corrected chi connectivity index (χ1v) is 8.02. The topological polar surface area (TPSA) is 58.4 Å². The second kappa shape index (κ2) is 6.54. The number of aromatic nitrogens is 1. The molecule has 0 unspecified atom stereocenters. The number of hydrogen-bond donors (Lipinski definition) is 1. The van der Waals surface area contributed by atoms with E-state index in [-0.39, 0.29) is 5.91 Å². The van der Waals surface area contributed by atoms with Gasteiger partial charge in [0.2, 0.25) is 0 Å². The Balaban J connectivity index is 1.67. The van der Waals surface area contributed by atoms with Crippen molar-refractivity contribution in [3.05, 3.63) is 41.8 Å². The molecular formula is C18H23N3O2. The molecule has 2 heterocycles. The molecule has 122 valence electrons. The number of pyridine rings is 1. The zero-order chi connectivity index (χ0) is 16.4. The maximum absolute atomic E-state index is 12.4. The Morgan fingerprint density at radius 1 is 1.39 bits per heavy atom. The van der Waals surface area contributed by atoms with Crippen LogP contribution in [-0.4, -0.2) is 42.5 Å². The highest BCUT2D eigenvalue weighted by molar-refractivity contribution is 5.95. The third kappa shape index (κ3) is 3.62. The number of nitrogens with zero attached hydrogens (tertiary/aromatic N) is 2. The van der Waals surface area contributed by atoms with Crippen molar-refractivity contribution in [1.82, 2.24) is 15.2 Å². The van der Waals surface area contributed by atoms with Gasteiger partial charge in [0.25, 0.3) is 5.91 Å². The molecule has 1 aliphatic carbocycles. The molecule has 0 aromatic carbocycles. The van der Waals surface area contributed by atoms with E-state index in [0.29, 0.717) is 35.5 Å². The zero-order valence-electron chi connectivity index (χ0n) is 13.9. The minimum atomic E-state index is -0.0616. The molecule has 5 heteroatoms. The largest absolute Gasteiger partial charge is 0.463 e. The van der Waals surface area contributed by atoms with E-state index in [1.54, 1.807) is 6.26 Å². The van der Waals surface area contributed by atoms with Crippen LogP contribution in [0.4, 0.5) is 0 Å². The molecule has 0 bridgehead atoms. The first kappa shape index (κ1) is 15.7. The lowest BCUT2D eigenvalue weighted by molar-refractivity contribution is 0.0938. The van der Waals surface area contributed by atoms with Gasteiger partial charge in [-0.05, 0) is 64.0 Å². The Bertz CT molecular complexity index is 674. The van der Waals surface area contributed by atoms with Crippen molar-refractivity contribution < 1.29 is 9.21 Å². The summed E-state index contributed by atoms with van der Waals surface area (Å²) in [5, 5.41) is 3.05. The lowest BCUT2D eigenvalue weighted by atomic mass is 10.1. The quantitative estimate of drug-likeness (QED) is 0.891. The van der Waals surface area contributed by atoms with Gasteiger partial charge in [0, 0.05) is 12.6 Å². The van der Waals surface area contributed by atoms with Gasteiger partial charge in [0.05, 0.1) is 17.5 Å². The Kier molecular flexibility index (Phi) is 4.48. The predicted molar refractivity (Wildman–Crippen MR) is 89.2 cm³/mol. The average molecular weight is 313 g/mol. The minimum Gasteiger partial charge on any atom is -0.463 e. The summed E-state index contributed by atoms with van der Waals surface area (Å²) < 4.78 is 5.34. The normalized spacial score (nSPS) is 15.7. The second-order valence-electron chi connectivity index (χ2n) is 6.39. The molecule has 1 saturated carbocycles. The summed E-state index contributed by atoms with van der Waals surface area (Å²) in [6, 6.07) is 7.74. The van der Waals surface area contributed by atoms with Gasteiger partial charge in [0.15, 0.2) is 5.76 Å². The van der Waals surface area contributed by atoms with E-state index in [4.69, 9.17) is 4.42 Å². The number of furan rings is 1. The predicted octanol–water partition coefficient (Wildman–Crippen LogP) is 2.72. The number of hydrogen-bond acceptors (Lipinski definition) is 4. The second-order valence-corrected chi connectivity index (χ2v) is 6.39. The maximum Gasteiger partial charge on any atom is 0.253 e. The molecule has 2 aromatic heterocycles. The highest BCUT2D eigenvalue weighted by Crippen LogP contribution is 2.34. The lowest BCUT2D eigenvalue weighted by Crippen LogP contribution is -2.41. The lowest BCUT2D eigenvalue weighted by Gasteiger charge is -2.24. The fourth-order valence-electron chi connectivity index (χ4n) is 2.91. The number of nitrogens with one attached hydrogen (secondary N) is 1. The van der Waals surface area contributed by atoms with Gasteiger partial charge in [-0.2, -0.15) is 0 Å². The van der Waals surface area contributed by atoms with Crippen LogP contribution in [0, 0.1) is 12.8 Å². The molecule has 1 amide bonds. The summed E-state index contributed by atoms with van der Waals surface area (Å²) in [4.78, 5) is 19.1. The van der Waals surface area contributed by atoms with Gasteiger partial charge in [-0.15, -0.1) is 0 Å². The van der Waals surface area contributed by atoms with Gasteiger partial charge in [-0.25, -0.2) is 4.98 Å². The molecule has 0 saturated heterocycles. The third-order valence-electron chi connectivity index (χ3n) is 4.41. The SMILES string of the molecule is Cc1nc(-c2ccco2)ccc1C(=O)NC[C@@H](C1CC1)N(C)C. The molecule has 1 aliphatic rings. The standard InChI is InChI=1S/C18H23N3O2/c1-12-14(8-9-15(20-12)17-5-4-10-23-17)18(22)19-11-16(21(2)3)13-6-7-13/h4-5,8-10,13,16H,6-7,11H2,1-3H3,(H,19,22)/t16-/m0/s1. The Labute approximate surface area is 136 Å². The number of rotatable bonds is 6. The number of carbonyl (C=O) groups excluding carboxylic acids is 1. The average Bonchev–Trinajstić information content (AvgIpc) is 3.19.